The summed E-state index contributed by atoms with van der Waals surface area (Å²) in [5.74, 6) is -2.26. The van der Waals surface area contributed by atoms with Crippen molar-refractivity contribution in [2.24, 2.45) is 0 Å². The van der Waals surface area contributed by atoms with Crippen LogP contribution in [0, 0.1) is 0 Å². The molecule has 0 saturated carbocycles. The van der Waals surface area contributed by atoms with Crippen LogP contribution in [0.2, 0.25) is 0 Å². The van der Waals surface area contributed by atoms with E-state index in [2.05, 4.69) is 11.7 Å². The van der Waals surface area contributed by atoms with E-state index in [9.17, 15) is 41.2 Å². The lowest BCUT2D eigenvalue weighted by Crippen LogP contribution is -2.34. The molecule has 3 aromatic carbocycles. The van der Waals surface area contributed by atoms with E-state index in [0.717, 1.165) is 46.8 Å². The van der Waals surface area contributed by atoms with E-state index < -0.39 is 63.2 Å². The second kappa shape index (κ2) is 10.1. The molecule has 0 saturated heterocycles. The Morgan fingerprint density at radius 2 is 1.60 bits per heavy atom. The molecule has 0 atom stereocenters. The Balaban J connectivity index is 1.98. The second-order valence-electron chi connectivity index (χ2n) is 8.87. The number of aromatic nitrogens is 2. The number of carbonyl (C=O) groups is 1. The van der Waals surface area contributed by atoms with E-state index in [1.54, 1.807) is 12.1 Å². The second-order valence-corrected chi connectivity index (χ2v) is 12.2. The maximum Gasteiger partial charge on any atom is 0.339 e. The van der Waals surface area contributed by atoms with Crippen LogP contribution in [0.3, 0.4) is 0 Å². The summed E-state index contributed by atoms with van der Waals surface area (Å²) in [6, 6.07) is 12.2. The number of nitrogens with zero attached hydrogens (tertiary/aromatic N) is 2. The minimum atomic E-state index is -4.82. The highest BCUT2D eigenvalue weighted by Gasteiger charge is 2.27. The van der Waals surface area contributed by atoms with Crippen LogP contribution in [0.15, 0.2) is 80.1 Å². The molecule has 4 N–H and O–H groups in total. The molecular weight excluding hydrogens is 562 g/mol. The minimum Gasteiger partial charge on any atom is -0.507 e. The van der Waals surface area contributed by atoms with Gasteiger partial charge in [0.2, 0.25) is 9.84 Å². The van der Waals surface area contributed by atoms with Crippen LogP contribution >= 0.6 is 0 Å². The average molecular weight is 586 g/mol. The summed E-state index contributed by atoms with van der Waals surface area (Å²) in [5, 5.41) is 21.9. The van der Waals surface area contributed by atoms with E-state index in [4.69, 9.17) is 0 Å². The number of phenols is 1. The quantitative estimate of drug-likeness (QED) is 0.228. The van der Waals surface area contributed by atoms with Gasteiger partial charge < -0.3 is 15.1 Å². The zero-order valence-corrected chi connectivity index (χ0v) is 22.7. The summed E-state index contributed by atoms with van der Waals surface area (Å²) in [5.41, 5.74) is -0.397. The number of aromatic carboxylic acids is 1. The molecular formula is C26H23N3O9S2. The molecule has 12 nitrogen and oxygen atoms in total. The van der Waals surface area contributed by atoms with Gasteiger partial charge in [-0.25, -0.2) is 17.9 Å². The third-order valence-corrected chi connectivity index (χ3v) is 8.64. The number of H-pyrrole nitrogens is 1. The highest BCUT2D eigenvalue weighted by atomic mass is 32.2. The Bertz CT molecular complexity index is 2040. The number of carboxylic acid groups (broad SMARTS) is 1. The lowest BCUT2D eigenvalue weighted by molar-refractivity contribution is 0.0693. The standard InChI is InChI=1S/C26H23N3O9S2/c1-15-20(12-16-4-6-17(7-5-16)28(2)3)25(31)29(27-15)22-14-19(40(36,37)38)9-11-24(22)39(34,35)18-8-10-23(30)21(13-18)26(32)33/h4-14,27,30H,1H2,2-3H3,(H,32,33)(H,36,37,38). The Hall–Kier alpha value is -4.66. The molecule has 0 radical (unpaired) electrons. The molecule has 1 aromatic heterocycles. The minimum absolute atomic E-state index is 0.0519. The number of aromatic hydroxyl groups is 1. The Kier molecular flexibility index (Phi) is 7.19. The topological polar surface area (TPSA) is 187 Å². The molecule has 208 valence electrons. The molecule has 4 aromatic rings. The smallest absolute Gasteiger partial charge is 0.339 e. The first-order chi connectivity index (χ1) is 18.6. The molecule has 0 aliphatic heterocycles. The first-order valence-electron chi connectivity index (χ1n) is 11.3. The number of rotatable bonds is 7. The van der Waals surface area contributed by atoms with E-state index in [1.165, 1.54) is 6.08 Å². The molecule has 1 heterocycles. The summed E-state index contributed by atoms with van der Waals surface area (Å²) in [4.78, 5) is 25.0. The number of sulfone groups is 1. The van der Waals surface area contributed by atoms with Gasteiger partial charge >= 0.3 is 5.97 Å². The molecule has 4 rings (SSSR count). The van der Waals surface area contributed by atoms with Gasteiger partial charge in [0.05, 0.1) is 30.9 Å². The lowest BCUT2D eigenvalue weighted by Gasteiger charge is -2.13. The van der Waals surface area contributed by atoms with Gasteiger partial charge in [0, 0.05) is 19.8 Å². The molecule has 0 fully saturated rings. The number of anilines is 1. The first kappa shape index (κ1) is 28.4. The van der Waals surface area contributed by atoms with Crippen molar-refractivity contribution >= 4 is 44.3 Å². The van der Waals surface area contributed by atoms with Crippen molar-refractivity contribution in [3.63, 3.8) is 0 Å². The number of hydrogen-bond acceptors (Lipinski definition) is 8. The molecule has 0 bridgehead atoms. The predicted octanol–water partition coefficient (Wildman–Crippen LogP) is 0.954. The van der Waals surface area contributed by atoms with Gasteiger partial charge in [0.1, 0.15) is 11.3 Å². The van der Waals surface area contributed by atoms with Gasteiger partial charge in [0.25, 0.3) is 15.7 Å². The maximum absolute atomic E-state index is 13.6. The normalized spacial score (nSPS) is 12.4. The van der Waals surface area contributed by atoms with Crippen molar-refractivity contribution in [2.45, 2.75) is 14.7 Å². The zero-order valence-electron chi connectivity index (χ0n) is 21.1. The van der Waals surface area contributed by atoms with Gasteiger partial charge in [-0.2, -0.15) is 8.42 Å². The highest BCUT2D eigenvalue weighted by Crippen LogP contribution is 2.30. The highest BCUT2D eigenvalue weighted by molar-refractivity contribution is 7.91. The molecule has 14 heteroatoms. The van der Waals surface area contributed by atoms with Gasteiger partial charge in [0.15, 0.2) is 0 Å². The summed E-state index contributed by atoms with van der Waals surface area (Å²) >= 11 is 0. The summed E-state index contributed by atoms with van der Waals surface area (Å²) in [6.45, 7) is 3.81. The predicted molar refractivity (Wildman–Crippen MR) is 146 cm³/mol. The molecule has 0 aliphatic carbocycles. The fraction of sp³-hybridized carbons (Fsp3) is 0.0769. The van der Waals surface area contributed by atoms with Crippen LogP contribution in [0.5, 0.6) is 5.75 Å². The number of hydrogen-bond donors (Lipinski definition) is 4. The van der Waals surface area contributed by atoms with Gasteiger partial charge in [-0.1, -0.05) is 18.7 Å². The van der Waals surface area contributed by atoms with Crippen molar-refractivity contribution in [1.82, 2.24) is 9.78 Å². The first-order valence-corrected chi connectivity index (χ1v) is 14.3. The van der Waals surface area contributed by atoms with E-state index in [0.29, 0.717) is 5.56 Å². The van der Waals surface area contributed by atoms with Crippen LogP contribution in [-0.4, -0.2) is 61.4 Å². The molecule has 0 spiro atoms. The van der Waals surface area contributed by atoms with Gasteiger partial charge in [-0.3, -0.25) is 14.4 Å². The molecule has 40 heavy (non-hydrogen) atoms. The van der Waals surface area contributed by atoms with Crippen molar-refractivity contribution in [2.75, 3.05) is 19.0 Å². The average Bonchev–Trinajstić information content (AvgIpc) is 3.16. The summed E-state index contributed by atoms with van der Waals surface area (Å²) in [6.07, 6.45) is 1.51. The number of benzene rings is 3. The number of aromatic amines is 1. The molecule has 0 aliphatic rings. The van der Waals surface area contributed by atoms with Gasteiger partial charge in [-0.05, 0) is 60.2 Å². The van der Waals surface area contributed by atoms with Crippen LogP contribution in [0.4, 0.5) is 5.69 Å². The Morgan fingerprint density at radius 1 is 0.975 bits per heavy atom. The largest absolute Gasteiger partial charge is 0.507 e. The maximum atomic E-state index is 13.6. The SMILES string of the molecule is C=c1[nH]n(-c2cc(S(=O)(=O)O)ccc2S(=O)(=O)c2ccc(O)c(C(=O)O)c2)c(=O)c1=Cc1ccc(N(C)C)cc1. The third-order valence-electron chi connectivity index (χ3n) is 5.99. The zero-order chi connectivity index (χ0) is 29.6. The summed E-state index contributed by atoms with van der Waals surface area (Å²) < 4.78 is 61.3. The monoisotopic (exact) mass is 585 g/mol. The van der Waals surface area contributed by atoms with Crippen molar-refractivity contribution in [3.8, 4) is 11.4 Å². The lowest BCUT2D eigenvalue weighted by atomic mass is 10.1. The molecule has 0 unspecified atom stereocenters. The van der Waals surface area contributed by atoms with Crippen LogP contribution in [0.1, 0.15) is 15.9 Å². The fourth-order valence-electron chi connectivity index (χ4n) is 3.89. The van der Waals surface area contributed by atoms with E-state index >= 15 is 0 Å². The Morgan fingerprint density at radius 3 is 2.17 bits per heavy atom. The third kappa shape index (κ3) is 5.27. The van der Waals surface area contributed by atoms with Crippen molar-refractivity contribution in [3.05, 3.63) is 92.7 Å². The number of carboxylic acids is 1. The van der Waals surface area contributed by atoms with Crippen LogP contribution in [0.25, 0.3) is 18.3 Å². The van der Waals surface area contributed by atoms with Crippen molar-refractivity contribution in [1.29, 1.82) is 0 Å². The fourth-order valence-corrected chi connectivity index (χ4v) is 5.84. The molecule has 0 amide bonds. The van der Waals surface area contributed by atoms with E-state index in [1.807, 2.05) is 31.1 Å². The van der Waals surface area contributed by atoms with Crippen LogP contribution in [-0.2, 0) is 20.0 Å². The number of nitrogens with one attached hydrogen (secondary N) is 1. The Labute approximate surface area is 228 Å². The van der Waals surface area contributed by atoms with Crippen LogP contribution < -0.4 is 21.0 Å². The van der Waals surface area contributed by atoms with Gasteiger partial charge in [-0.15, -0.1) is 0 Å². The summed E-state index contributed by atoms with van der Waals surface area (Å²) in [7, 11) is -5.70. The van der Waals surface area contributed by atoms with E-state index in [-0.39, 0.29) is 10.6 Å². The van der Waals surface area contributed by atoms with Crippen molar-refractivity contribution < 1.29 is 36.4 Å².